The van der Waals surface area contributed by atoms with Crippen molar-refractivity contribution in [2.75, 3.05) is 5.73 Å². The first-order valence-corrected chi connectivity index (χ1v) is 8.44. The van der Waals surface area contributed by atoms with Gasteiger partial charge in [0.25, 0.3) is 12.1 Å². The van der Waals surface area contributed by atoms with Gasteiger partial charge in [0.1, 0.15) is 0 Å². The Morgan fingerprint density at radius 1 is 1.04 bits per heavy atom. The van der Waals surface area contributed by atoms with E-state index in [1.807, 2.05) is 34.9 Å². The van der Waals surface area contributed by atoms with Gasteiger partial charge in [0.2, 0.25) is 11.2 Å². The van der Waals surface area contributed by atoms with Gasteiger partial charge in [-0.25, -0.2) is 4.98 Å². The Morgan fingerprint density at radius 3 is 2.65 bits per heavy atom. The first-order chi connectivity index (χ1) is 12.7. The molecule has 0 fully saturated rings. The fourth-order valence-corrected chi connectivity index (χ4v) is 2.91. The molecule has 0 radical (unpaired) electrons. The quantitative estimate of drug-likeness (QED) is 0.563. The Kier molecular flexibility index (Phi) is 4.23. The van der Waals surface area contributed by atoms with Gasteiger partial charge >= 0.3 is 0 Å². The number of nitrogens with two attached hydrogens (primary N) is 1. The zero-order chi connectivity index (χ0) is 17.9. The number of aromatic nitrogens is 4. The Labute approximate surface area is 151 Å². The summed E-state index contributed by atoms with van der Waals surface area (Å²) in [5.74, 6) is 0.439. The molecule has 130 valence electrons. The Morgan fingerprint density at radius 2 is 1.85 bits per heavy atom. The summed E-state index contributed by atoms with van der Waals surface area (Å²) in [6.45, 7) is 3.16. The number of rotatable bonds is 5. The van der Waals surface area contributed by atoms with Gasteiger partial charge in [0.15, 0.2) is 6.61 Å². The van der Waals surface area contributed by atoms with Crippen LogP contribution < -0.4 is 15.3 Å². The summed E-state index contributed by atoms with van der Waals surface area (Å²) in [7, 11) is 0. The SMILES string of the molecule is Cc1cccc(CO[n+]2cnc3c(ncn3Cc3ccccc3)c2N)c1. The van der Waals surface area contributed by atoms with Crippen LogP contribution in [0.25, 0.3) is 11.2 Å². The van der Waals surface area contributed by atoms with Crippen molar-refractivity contribution >= 4 is 17.0 Å². The Bertz CT molecular complexity index is 1040. The van der Waals surface area contributed by atoms with E-state index in [1.54, 1.807) is 12.7 Å². The zero-order valence-electron chi connectivity index (χ0n) is 14.5. The first-order valence-electron chi connectivity index (χ1n) is 8.44. The molecule has 4 aromatic rings. The van der Waals surface area contributed by atoms with Crippen LogP contribution in [-0.2, 0) is 13.2 Å². The number of nitrogens with zero attached hydrogens (tertiary/aromatic N) is 4. The number of nitrogen functional groups attached to an aromatic ring is 1. The first kappa shape index (κ1) is 16.1. The zero-order valence-corrected chi connectivity index (χ0v) is 14.5. The molecule has 2 heterocycles. The average Bonchev–Trinajstić information content (AvgIpc) is 3.06. The molecule has 6 heteroatoms. The number of fused-ring (bicyclic) bond motifs is 1. The summed E-state index contributed by atoms with van der Waals surface area (Å²) in [5, 5.41) is 0. The molecule has 0 atom stereocenters. The molecule has 0 saturated heterocycles. The van der Waals surface area contributed by atoms with Crippen molar-refractivity contribution in [3.63, 3.8) is 0 Å². The van der Waals surface area contributed by atoms with Crippen LogP contribution >= 0.6 is 0 Å². The summed E-state index contributed by atoms with van der Waals surface area (Å²) in [6, 6.07) is 18.3. The lowest BCUT2D eigenvalue weighted by Gasteiger charge is -2.07. The van der Waals surface area contributed by atoms with Crippen molar-refractivity contribution in [1.82, 2.24) is 14.5 Å². The molecule has 0 spiro atoms. The topological polar surface area (TPSA) is 69.8 Å². The van der Waals surface area contributed by atoms with Gasteiger partial charge in [0, 0.05) is 0 Å². The highest BCUT2D eigenvalue weighted by Crippen LogP contribution is 2.15. The smallest absolute Gasteiger partial charge is 0.289 e. The minimum Gasteiger partial charge on any atom is -0.352 e. The van der Waals surface area contributed by atoms with Crippen LogP contribution in [0.4, 0.5) is 5.82 Å². The third-order valence-corrected chi connectivity index (χ3v) is 4.22. The van der Waals surface area contributed by atoms with Gasteiger partial charge in [-0.15, -0.1) is 0 Å². The van der Waals surface area contributed by atoms with E-state index in [-0.39, 0.29) is 0 Å². The summed E-state index contributed by atoms with van der Waals surface area (Å²) < 4.78 is 3.45. The van der Waals surface area contributed by atoms with Gasteiger partial charge in [-0.05, 0) is 18.1 Å². The van der Waals surface area contributed by atoms with Gasteiger partial charge in [-0.1, -0.05) is 69.9 Å². The van der Waals surface area contributed by atoms with E-state index < -0.39 is 0 Å². The van der Waals surface area contributed by atoms with Gasteiger partial charge in [-0.2, -0.15) is 0 Å². The van der Waals surface area contributed by atoms with Crippen LogP contribution in [0.1, 0.15) is 16.7 Å². The van der Waals surface area contributed by atoms with Gasteiger partial charge in [-0.3, -0.25) is 4.57 Å². The van der Waals surface area contributed by atoms with E-state index in [9.17, 15) is 0 Å². The molecule has 26 heavy (non-hydrogen) atoms. The molecule has 0 aliphatic rings. The Hall–Kier alpha value is -3.41. The van der Waals surface area contributed by atoms with E-state index in [4.69, 9.17) is 10.6 Å². The molecular weight excluding hydrogens is 326 g/mol. The lowest BCUT2D eigenvalue weighted by Crippen LogP contribution is -2.45. The number of benzene rings is 2. The average molecular weight is 346 g/mol. The largest absolute Gasteiger partial charge is 0.352 e. The van der Waals surface area contributed by atoms with Crippen LogP contribution in [0.5, 0.6) is 0 Å². The van der Waals surface area contributed by atoms with Crippen molar-refractivity contribution in [2.24, 2.45) is 0 Å². The second-order valence-electron chi connectivity index (χ2n) is 6.25. The highest BCUT2D eigenvalue weighted by atomic mass is 16.7. The maximum Gasteiger partial charge on any atom is 0.289 e. The lowest BCUT2D eigenvalue weighted by molar-refractivity contribution is -0.885. The molecular formula is C20H20N5O+. The summed E-state index contributed by atoms with van der Waals surface area (Å²) in [6.07, 6.45) is 3.35. The molecule has 0 amide bonds. The van der Waals surface area contributed by atoms with E-state index in [2.05, 4.69) is 41.2 Å². The van der Waals surface area contributed by atoms with E-state index in [1.165, 1.54) is 15.9 Å². The van der Waals surface area contributed by atoms with E-state index in [0.29, 0.717) is 24.5 Å². The molecule has 0 aliphatic heterocycles. The van der Waals surface area contributed by atoms with Crippen LogP contribution in [0, 0.1) is 6.92 Å². The van der Waals surface area contributed by atoms with Crippen LogP contribution in [0.2, 0.25) is 0 Å². The van der Waals surface area contributed by atoms with Gasteiger partial charge in [0.05, 0.1) is 12.9 Å². The fraction of sp³-hybridized carbons (Fsp3) is 0.150. The standard InChI is InChI=1S/C20H19N5O/c1-15-6-5-9-17(10-15)12-26-25-14-23-20-18(19(25)21)22-13-24(20)11-16-7-3-2-4-8-16/h2-10,13-14,21H,11-12H2,1H3/p+1. The molecule has 0 unspecified atom stereocenters. The van der Waals surface area contributed by atoms with Crippen molar-refractivity contribution < 1.29 is 9.57 Å². The molecule has 2 aromatic heterocycles. The lowest BCUT2D eigenvalue weighted by atomic mass is 10.1. The number of anilines is 1. The fourth-order valence-electron chi connectivity index (χ4n) is 2.91. The van der Waals surface area contributed by atoms with Crippen LogP contribution in [0.3, 0.4) is 0 Å². The van der Waals surface area contributed by atoms with E-state index in [0.717, 1.165) is 11.2 Å². The number of aryl methyl sites for hydroxylation is 1. The summed E-state index contributed by atoms with van der Waals surface area (Å²) >= 11 is 0. The highest BCUT2D eigenvalue weighted by molar-refractivity contribution is 5.79. The van der Waals surface area contributed by atoms with Crippen LogP contribution in [0.15, 0.2) is 67.3 Å². The molecule has 0 aliphatic carbocycles. The number of hydrogen-bond donors (Lipinski definition) is 1. The predicted molar refractivity (Wildman–Crippen MR) is 99.1 cm³/mol. The van der Waals surface area contributed by atoms with E-state index >= 15 is 0 Å². The highest BCUT2D eigenvalue weighted by Gasteiger charge is 2.18. The minimum absolute atomic E-state index is 0.411. The maximum atomic E-state index is 6.24. The minimum atomic E-state index is 0.411. The number of imidazole rings is 1. The molecule has 2 aromatic carbocycles. The third-order valence-electron chi connectivity index (χ3n) is 4.22. The molecule has 6 nitrogen and oxygen atoms in total. The third kappa shape index (κ3) is 3.21. The predicted octanol–water partition coefficient (Wildman–Crippen LogP) is 2.29. The van der Waals surface area contributed by atoms with Crippen molar-refractivity contribution in [1.29, 1.82) is 0 Å². The monoisotopic (exact) mass is 346 g/mol. The summed E-state index contributed by atoms with van der Waals surface area (Å²) in [4.78, 5) is 14.7. The molecule has 2 N–H and O–H groups in total. The summed E-state index contributed by atoms with van der Waals surface area (Å²) in [5.41, 5.74) is 11.1. The van der Waals surface area contributed by atoms with Crippen molar-refractivity contribution in [2.45, 2.75) is 20.1 Å². The number of hydrogen-bond acceptors (Lipinski definition) is 4. The molecule has 0 bridgehead atoms. The normalized spacial score (nSPS) is 11.0. The maximum absolute atomic E-state index is 6.24. The van der Waals surface area contributed by atoms with Gasteiger partial charge < -0.3 is 10.6 Å². The second kappa shape index (κ2) is 6.84. The van der Waals surface area contributed by atoms with Crippen LogP contribution in [-0.4, -0.2) is 14.5 Å². The van der Waals surface area contributed by atoms with Crippen molar-refractivity contribution in [3.8, 4) is 0 Å². The molecule has 4 rings (SSSR count). The molecule has 0 saturated carbocycles. The second-order valence-corrected chi connectivity index (χ2v) is 6.25. The Balaban J connectivity index is 1.57. The van der Waals surface area contributed by atoms with Crippen molar-refractivity contribution in [3.05, 3.63) is 83.9 Å².